The zero-order valence-electron chi connectivity index (χ0n) is 12.4. The Kier molecular flexibility index (Phi) is 4.02. The van der Waals surface area contributed by atoms with E-state index in [1.807, 2.05) is 0 Å². The molecule has 0 atom stereocenters. The summed E-state index contributed by atoms with van der Waals surface area (Å²) in [4.78, 5) is 41.4. The lowest BCUT2D eigenvalue weighted by Gasteiger charge is -2.03. The number of nitro benzene ring substituents is 1. The first-order valence-electron chi connectivity index (χ1n) is 7.03. The van der Waals surface area contributed by atoms with E-state index in [0.29, 0.717) is 10.9 Å². The van der Waals surface area contributed by atoms with E-state index in [0.717, 1.165) is 5.56 Å². The number of nitro groups is 1. The third-order valence-corrected chi connectivity index (χ3v) is 3.50. The number of rotatable bonds is 5. The van der Waals surface area contributed by atoms with Crippen molar-refractivity contribution < 1.29 is 14.5 Å². The summed E-state index contributed by atoms with van der Waals surface area (Å²) in [5, 5.41) is 13.7. The number of non-ortho nitro benzene ring substituents is 1. The summed E-state index contributed by atoms with van der Waals surface area (Å²) >= 11 is 0. The molecule has 0 radical (unpaired) electrons. The largest absolute Gasteiger partial charge is 0.360 e. The average Bonchev–Trinajstić information content (AvgIpc) is 3.03. The van der Waals surface area contributed by atoms with Crippen molar-refractivity contribution in [2.75, 3.05) is 0 Å². The van der Waals surface area contributed by atoms with Gasteiger partial charge in [-0.2, -0.15) is 0 Å². The molecule has 3 aromatic rings. The van der Waals surface area contributed by atoms with Crippen LogP contribution in [0.15, 0.2) is 48.9 Å². The summed E-state index contributed by atoms with van der Waals surface area (Å²) in [5.74, 6) is -1.54. The number of amides is 1. The van der Waals surface area contributed by atoms with E-state index >= 15 is 0 Å². The zero-order valence-corrected chi connectivity index (χ0v) is 12.4. The summed E-state index contributed by atoms with van der Waals surface area (Å²) in [6.45, 7) is 0.168. The number of aromatic nitrogens is 2. The van der Waals surface area contributed by atoms with Gasteiger partial charge < -0.3 is 10.3 Å². The quantitative estimate of drug-likeness (QED) is 0.322. The number of H-pyrrole nitrogens is 1. The van der Waals surface area contributed by atoms with E-state index in [-0.39, 0.29) is 17.8 Å². The lowest BCUT2D eigenvalue weighted by molar-refractivity contribution is -0.384. The summed E-state index contributed by atoms with van der Waals surface area (Å²) in [6.07, 6.45) is 4.56. The highest BCUT2D eigenvalue weighted by Crippen LogP contribution is 2.24. The lowest BCUT2D eigenvalue weighted by Crippen LogP contribution is -2.30. The molecule has 3 rings (SSSR count). The van der Waals surface area contributed by atoms with Gasteiger partial charge in [0.2, 0.25) is 0 Å². The summed E-state index contributed by atoms with van der Waals surface area (Å²) in [5.41, 5.74) is 1.25. The van der Waals surface area contributed by atoms with Crippen molar-refractivity contribution in [3.05, 3.63) is 70.2 Å². The van der Waals surface area contributed by atoms with Gasteiger partial charge >= 0.3 is 0 Å². The molecule has 0 fully saturated rings. The van der Waals surface area contributed by atoms with Crippen LogP contribution in [0.5, 0.6) is 0 Å². The van der Waals surface area contributed by atoms with Gasteiger partial charge in [-0.1, -0.05) is 6.07 Å². The molecular formula is C16H12N4O4. The van der Waals surface area contributed by atoms with Crippen molar-refractivity contribution in [1.29, 1.82) is 0 Å². The first-order chi connectivity index (χ1) is 11.6. The normalized spacial score (nSPS) is 10.5. The highest BCUT2D eigenvalue weighted by molar-refractivity contribution is 6.44. The molecular weight excluding hydrogens is 312 g/mol. The Labute approximate surface area is 135 Å². The van der Waals surface area contributed by atoms with Crippen LogP contribution in [0.4, 0.5) is 5.69 Å². The maximum Gasteiger partial charge on any atom is 0.292 e. The molecule has 2 N–H and O–H groups in total. The van der Waals surface area contributed by atoms with E-state index in [2.05, 4.69) is 15.3 Å². The fourth-order valence-corrected chi connectivity index (χ4v) is 2.30. The van der Waals surface area contributed by atoms with Gasteiger partial charge in [0, 0.05) is 48.2 Å². The Morgan fingerprint density at radius 1 is 1.29 bits per heavy atom. The highest BCUT2D eigenvalue weighted by Gasteiger charge is 2.21. The molecule has 0 bridgehead atoms. The van der Waals surface area contributed by atoms with Crippen LogP contribution < -0.4 is 5.32 Å². The second kappa shape index (κ2) is 6.29. The van der Waals surface area contributed by atoms with Gasteiger partial charge in [0.25, 0.3) is 17.4 Å². The van der Waals surface area contributed by atoms with Crippen LogP contribution in [0.2, 0.25) is 0 Å². The van der Waals surface area contributed by atoms with E-state index < -0.39 is 16.6 Å². The lowest BCUT2D eigenvalue weighted by atomic mass is 10.1. The van der Waals surface area contributed by atoms with Crippen LogP contribution in [-0.4, -0.2) is 26.6 Å². The Balaban J connectivity index is 1.81. The van der Waals surface area contributed by atoms with Crippen molar-refractivity contribution in [3.8, 4) is 0 Å². The predicted molar refractivity (Wildman–Crippen MR) is 85.4 cm³/mol. The number of Topliss-reactive ketones (excluding diaryl/α,β-unsaturated/α-hetero) is 1. The molecule has 2 heterocycles. The zero-order chi connectivity index (χ0) is 17.1. The number of aromatic amines is 1. The number of nitrogens with zero attached hydrogens (tertiary/aromatic N) is 2. The van der Waals surface area contributed by atoms with Crippen LogP contribution in [0.3, 0.4) is 0 Å². The van der Waals surface area contributed by atoms with Crippen molar-refractivity contribution in [1.82, 2.24) is 15.3 Å². The molecule has 0 unspecified atom stereocenters. The van der Waals surface area contributed by atoms with Crippen molar-refractivity contribution in [3.63, 3.8) is 0 Å². The Morgan fingerprint density at radius 2 is 2.12 bits per heavy atom. The number of hydrogen-bond donors (Lipinski definition) is 2. The van der Waals surface area contributed by atoms with Gasteiger partial charge in [-0.3, -0.25) is 24.7 Å². The van der Waals surface area contributed by atoms with Gasteiger partial charge in [0.1, 0.15) is 0 Å². The number of pyridine rings is 1. The first-order valence-corrected chi connectivity index (χ1v) is 7.03. The number of carbonyl (C=O) groups is 2. The minimum absolute atomic E-state index is 0.0948. The van der Waals surface area contributed by atoms with Gasteiger partial charge in [-0.15, -0.1) is 0 Å². The topological polar surface area (TPSA) is 118 Å². The number of carbonyl (C=O) groups excluding carboxylic acids is 2. The number of benzene rings is 1. The molecule has 0 aliphatic carbocycles. The minimum Gasteiger partial charge on any atom is -0.360 e. The molecule has 2 aromatic heterocycles. The Bertz CT molecular complexity index is 934. The van der Waals surface area contributed by atoms with Crippen LogP contribution in [0.25, 0.3) is 10.9 Å². The molecule has 8 nitrogen and oxygen atoms in total. The average molecular weight is 324 g/mol. The van der Waals surface area contributed by atoms with Gasteiger partial charge in [-0.25, -0.2) is 0 Å². The van der Waals surface area contributed by atoms with Crippen molar-refractivity contribution >= 4 is 28.3 Å². The van der Waals surface area contributed by atoms with E-state index in [4.69, 9.17) is 0 Å². The fourth-order valence-electron chi connectivity index (χ4n) is 2.30. The molecule has 120 valence electrons. The summed E-state index contributed by atoms with van der Waals surface area (Å²) in [6, 6.07) is 7.59. The number of ketones is 1. The molecule has 8 heteroatoms. The second-order valence-electron chi connectivity index (χ2n) is 5.06. The SMILES string of the molecule is O=C(NCc1cccnc1)C(=O)c1c[nH]c2ccc([N+](=O)[O-])cc12. The standard InChI is InChI=1S/C16H12N4O4/c21-15(16(22)19-8-10-2-1-5-17-7-10)13-9-18-14-4-3-11(20(23)24)6-12(13)14/h1-7,9,18H,8H2,(H,19,22). The molecule has 1 aromatic carbocycles. The molecule has 24 heavy (non-hydrogen) atoms. The highest BCUT2D eigenvalue weighted by atomic mass is 16.6. The molecule has 0 aliphatic rings. The third kappa shape index (κ3) is 2.98. The van der Waals surface area contributed by atoms with Gasteiger partial charge in [0.15, 0.2) is 0 Å². The van der Waals surface area contributed by atoms with Gasteiger partial charge in [0.05, 0.1) is 10.5 Å². The smallest absolute Gasteiger partial charge is 0.292 e. The summed E-state index contributed by atoms with van der Waals surface area (Å²) < 4.78 is 0. The number of hydrogen-bond acceptors (Lipinski definition) is 5. The fraction of sp³-hybridized carbons (Fsp3) is 0.0625. The molecule has 0 spiro atoms. The second-order valence-corrected chi connectivity index (χ2v) is 5.06. The Morgan fingerprint density at radius 3 is 2.83 bits per heavy atom. The van der Waals surface area contributed by atoms with Gasteiger partial charge in [-0.05, 0) is 17.7 Å². The van der Waals surface area contributed by atoms with Crippen LogP contribution in [0.1, 0.15) is 15.9 Å². The van der Waals surface area contributed by atoms with E-state index in [1.165, 1.54) is 24.4 Å². The maximum absolute atomic E-state index is 12.3. The summed E-state index contributed by atoms with van der Waals surface area (Å²) in [7, 11) is 0. The van der Waals surface area contributed by atoms with Crippen LogP contribution in [0, 0.1) is 10.1 Å². The molecule has 0 saturated heterocycles. The first kappa shape index (κ1) is 15.3. The molecule has 0 aliphatic heterocycles. The monoisotopic (exact) mass is 324 g/mol. The molecule has 1 amide bonds. The van der Waals surface area contributed by atoms with Crippen LogP contribution >= 0.6 is 0 Å². The van der Waals surface area contributed by atoms with E-state index in [1.54, 1.807) is 24.5 Å². The minimum atomic E-state index is -0.786. The third-order valence-electron chi connectivity index (χ3n) is 3.50. The number of fused-ring (bicyclic) bond motifs is 1. The Hall–Kier alpha value is -3.55. The molecule has 0 saturated carbocycles. The maximum atomic E-state index is 12.3. The number of nitrogens with one attached hydrogen (secondary N) is 2. The van der Waals surface area contributed by atoms with Crippen molar-refractivity contribution in [2.45, 2.75) is 6.54 Å². The predicted octanol–water partition coefficient (Wildman–Crippen LogP) is 1.97. The van der Waals surface area contributed by atoms with E-state index in [9.17, 15) is 19.7 Å². The van der Waals surface area contributed by atoms with Crippen LogP contribution in [-0.2, 0) is 11.3 Å². The van der Waals surface area contributed by atoms with Crippen molar-refractivity contribution in [2.24, 2.45) is 0 Å².